The lowest BCUT2D eigenvalue weighted by Gasteiger charge is -2.31. The maximum atomic E-state index is 10.8. The standard InChI is InChI=1S/C16H26N2O2/c1-13(15(19)20)17-11-16(2,3)12-18(4)10-14-8-6-5-7-9-14/h5-9,13,17H,10-12H2,1-4H3,(H,19,20)/t13-/m0/s1. The van der Waals surface area contributed by atoms with Crippen molar-refractivity contribution in [1.82, 2.24) is 10.2 Å². The summed E-state index contributed by atoms with van der Waals surface area (Å²) in [6, 6.07) is 9.84. The average molecular weight is 278 g/mol. The van der Waals surface area contributed by atoms with Crippen LogP contribution in [0.4, 0.5) is 0 Å². The molecule has 0 heterocycles. The molecule has 1 rings (SSSR count). The molecule has 0 unspecified atom stereocenters. The number of carbonyl (C=O) groups is 1. The van der Waals surface area contributed by atoms with Crippen molar-refractivity contribution in [3.05, 3.63) is 35.9 Å². The second kappa shape index (κ2) is 7.41. The molecule has 4 nitrogen and oxygen atoms in total. The van der Waals surface area contributed by atoms with Gasteiger partial charge in [-0.2, -0.15) is 0 Å². The Morgan fingerprint density at radius 2 is 1.95 bits per heavy atom. The SMILES string of the molecule is C[C@H](NCC(C)(C)CN(C)Cc1ccccc1)C(=O)O. The van der Waals surface area contributed by atoms with Gasteiger partial charge < -0.3 is 15.3 Å². The molecule has 0 saturated carbocycles. The summed E-state index contributed by atoms with van der Waals surface area (Å²) in [5.41, 5.74) is 1.31. The van der Waals surface area contributed by atoms with E-state index in [9.17, 15) is 4.79 Å². The molecule has 0 aliphatic heterocycles. The molecule has 0 aliphatic rings. The topological polar surface area (TPSA) is 52.6 Å². The minimum absolute atomic E-state index is 0.0211. The summed E-state index contributed by atoms with van der Waals surface area (Å²) in [7, 11) is 2.09. The van der Waals surface area contributed by atoms with E-state index < -0.39 is 12.0 Å². The number of nitrogens with one attached hydrogen (secondary N) is 1. The molecule has 0 bridgehead atoms. The van der Waals surface area contributed by atoms with Gasteiger partial charge in [0, 0.05) is 19.6 Å². The molecular formula is C16H26N2O2. The van der Waals surface area contributed by atoms with E-state index in [1.807, 2.05) is 18.2 Å². The number of benzene rings is 1. The summed E-state index contributed by atoms with van der Waals surface area (Å²) in [5.74, 6) is -0.807. The second-order valence-electron chi connectivity index (χ2n) is 6.26. The first kappa shape index (κ1) is 16.7. The van der Waals surface area contributed by atoms with Gasteiger partial charge in [-0.1, -0.05) is 44.2 Å². The van der Waals surface area contributed by atoms with E-state index in [0.29, 0.717) is 6.54 Å². The Balaban J connectivity index is 2.42. The lowest BCUT2D eigenvalue weighted by Crippen LogP contribution is -2.44. The summed E-state index contributed by atoms with van der Waals surface area (Å²) < 4.78 is 0. The molecule has 0 radical (unpaired) electrons. The summed E-state index contributed by atoms with van der Waals surface area (Å²) in [4.78, 5) is 13.1. The van der Waals surface area contributed by atoms with Gasteiger partial charge in [0.15, 0.2) is 0 Å². The van der Waals surface area contributed by atoms with Gasteiger partial charge in [-0.15, -0.1) is 0 Å². The molecule has 0 saturated heterocycles. The quantitative estimate of drug-likeness (QED) is 0.765. The van der Waals surface area contributed by atoms with E-state index in [1.165, 1.54) is 5.56 Å². The number of carboxylic acids is 1. The Morgan fingerprint density at radius 1 is 1.35 bits per heavy atom. The Bertz CT molecular complexity index is 418. The molecule has 0 aliphatic carbocycles. The number of aliphatic carboxylic acids is 1. The van der Waals surface area contributed by atoms with Crippen LogP contribution in [0.1, 0.15) is 26.3 Å². The molecule has 112 valence electrons. The highest BCUT2D eigenvalue weighted by Gasteiger charge is 2.22. The van der Waals surface area contributed by atoms with Gasteiger partial charge in [-0.05, 0) is 24.9 Å². The molecule has 0 spiro atoms. The first-order chi connectivity index (χ1) is 9.30. The van der Waals surface area contributed by atoms with Crippen LogP contribution < -0.4 is 5.32 Å². The molecule has 2 N–H and O–H groups in total. The third-order valence-electron chi connectivity index (χ3n) is 3.25. The van der Waals surface area contributed by atoms with Crippen LogP contribution in [0.5, 0.6) is 0 Å². The van der Waals surface area contributed by atoms with Crippen LogP contribution in [0, 0.1) is 5.41 Å². The fraction of sp³-hybridized carbons (Fsp3) is 0.562. The number of hydrogen-bond donors (Lipinski definition) is 2. The van der Waals surface area contributed by atoms with Crippen molar-refractivity contribution in [3.8, 4) is 0 Å². The summed E-state index contributed by atoms with van der Waals surface area (Å²) in [6.07, 6.45) is 0. The van der Waals surface area contributed by atoms with Crippen LogP contribution >= 0.6 is 0 Å². The molecule has 0 aromatic heterocycles. The maximum Gasteiger partial charge on any atom is 0.320 e. The third kappa shape index (κ3) is 6.17. The Hall–Kier alpha value is -1.39. The predicted molar refractivity (Wildman–Crippen MR) is 81.7 cm³/mol. The van der Waals surface area contributed by atoms with Crippen molar-refractivity contribution in [2.24, 2.45) is 5.41 Å². The zero-order valence-electron chi connectivity index (χ0n) is 12.9. The van der Waals surface area contributed by atoms with Crippen molar-refractivity contribution in [2.45, 2.75) is 33.4 Å². The van der Waals surface area contributed by atoms with Gasteiger partial charge in [0.05, 0.1) is 0 Å². The first-order valence-corrected chi connectivity index (χ1v) is 6.99. The van der Waals surface area contributed by atoms with Gasteiger partial charge >= 0.3 is 5.97 Å². The molecule has 0 fully saturated rings. The van der Waals surface area contributed by atoms with Crippen molar-refractivity contribution >= 4 is 5.97 Å². The van der Waals surface area contributed by atoms with Crippen LogP contribution in [0.25, 0.3) is 0 Å². The first-order valence-electron chi connectivity index (χ1n) is 6.99. The Kier molecular flexibility index (Phi) is 6.17. The maximum absolute atomic E-state index is 10.8. The molecule has 0 amide bonds. The van der Waals surface area contributed by atoms with E-state index in [0.717, 1.165) is 13.1 Å². The third-order valence-corrected chi connectivity index (χ3v) is 3.25. The molecule has 4 heteroatoms. The highest BCUT2D eigenvalue weighted by Crippen LogP contribution is 2.16. The smallest absolute Gasteiger partial charge is 0.320 e. The van der Waals surface area contributed by atoms with Crippen molar-refractivity contribution in [1.29, 1.82) is 0 Å². The lowest BCUT2D eigenvalue weighted by molar-refractivity contribution is -0.139. The fourth-order valence-electron chi connectivity index (χ4n) is 2.25. The normalized spacial score (nSPS) is 13.4. The molecular weight excluding hydrogens is 252 g/mol. The van der Waals surface area contributed by atoms with Gasteiger partial charge in [0.2, 0.25) is 0 Å². The summed E-state index contributed by atoms with van der Waals surface area (Å²) in [5, 5.41) is 11.9. The van der Waals surface area contributed by atoms with Crippen LogP contribution in [-0.4, -0.2) is 42.2 Å². The molecule has 1 atom stereocenters. The largest absolute Gasteiger partial charge is 0.480 e. The second-order valence-corrected chi connectivity index (χ2v) is 6.26. The number of nitrogens with zero attached hydrogens (tertiary/aromatic N) is 1. The zero-order valence-corrected chi connectivity index (χ0v) is 12.9. The minimum atomic E-state index is -0.807. The van der Waals surface area contributed by atoms with E-state index in [2.05, 4.69) is 43.2 Å². The van der Waals surface area contributed by atoms with E-state index in [-0.39, 0.29) is 5.41 Å². The minimum Gasteiger partial charge on any atom is -0.480 e. The number of rotatable bonds is 8. The van der Waals surface area contributed by atoms with Crippen molar-refractivity contribution < 1.29 is 9.90 Å². The molecule has 20 heavy (non-hydrogen) atoms. The van der Waals surface area contributed by atoms with E-state index in [1.54, 1.807) is 6.92 Å². The van der Waals surface area contributed by atoms with Crippen LogP contribution in [0.15, 0.2) is 30.3 Å². The van der Waals surface area contributed by atoms with Gasteiger partial charge in [0.25, 0.3) is 0 Å². The molecule has 1 aromatic carbocycles. The van der Waals surface area contributed by atoms with Crippen LogP contribution in [0.2, 0.25) is 0 Å². The lowest BCUT2D eigenvalue weighted by atomic mass is 9.92. The zero-order chi connectivity index (χ0) is 15.2. The Morgan fingerprint density at radius 3 is 2.50 bits per heavy atom. The van der Waals surface area contributed by atoms with Gasteiger partial charge in [0.1, 0.15) is 6.04 Å². The average Bonchev–Trinajstić information content (AvgIpc) is 2.36. The van der Waals surface area contributed by atoms with E-state index >= 15 is 0 Å². The van der Waals surface area contributed by atoms with E-state index in [4.69, 9.17) is 5.11 Å². The van der Waals surface area contributed by atoms with Crippen LogP contribution in [-0.2, 0) is 11.3 Å². The molecule has 1 aromatic rings. The van der Waals surface area contributed by atoms with Crippen molar-refractivity contribution in [3.63, 3.8) is 0 Å². The van der Waals surface area contributed by atoms with Crippen molar-refractivity contribution in [2.75, 3.05) is 20.1 Å². The highest BCUT2D eigenvalue weighted by atomic mass is 16.4. The number of hydrogen-bond acceptors (Lipinski definition) is 3. The predicted octanol–water partition coefficient (Wildman–Crippen LogP) is 2.21. The summed E-state index contributed by atoms with van der Waals surface area (Å²) >= 11 is 0. The van der Waals surface area contributed by atoms with Gasteiger partial charge in [-0.3, -0.25) is 4.79 Å². The van der Waals surface area contributed by atoms with Crippen LogP contribution in [0.3, 0.4) is 0 Å². The Labute approximate surface area is 121 Å². The fourth-order valence-corrected chi connectivity index (χ4v) is 2.25. The monoisotopic (exact) mass is 278 g/mol. The summed E-state index contributed by atoms with van der Waals surface area (Å²) in [6.45, 7) is 8.46. The van der Waals surface area contributed by atoms with Gasteiger partial charge in [-0.25, -0.2) is 0 Å². The number of carboxylic acid groups (broad SMARTS) is 1. The highest BCUT2D eigenvalue weighted by molar-refractivity contribution is 5.72.